The van der Waals surface area contributed by atoms with Crippen LogP contribution in [0.3, 0.4) is 0 Å². The number of nitrogens with two attached hydrogens (primary N) is 1. The van der Waals surface area contributed by atoms with E-state index in [9.17, 15) is 18.4 Å². The summed E-state index contributed by atoms with van der Waals surface area (Å²) in [6.45, 7) is 1.92. The second-order valence-corrected chi connectivity index (χ2v) is 5.64. The largest absolute Gasteiger partial charge is 0.368 e. The number of benzene rings is 2. The molecular weight excluding hydrogens is 314 g/mol. The van der Waals surface area contributed by atoms with Crippen molar-refractivity contribution in [2.45, 2.75) is 25.8 Å². The summed E-state index contributed by atoms with van der Waals surface area (Å²) in [5.41, 5.74) is 7.55. The Morgan fingerprint density at radius 1 is 1.08 bits per heavy atom. The van der Waals surface area contributed by atoms with Crippen LogP contribution in [0.15, 0.2) is 42.5 Å². The van der Waals surface area contributed by atoms with Crippen molar-refractivity contribution in [3.05, 3.63) is 70.8 Å². The van der Waals surface area contributed by atoms with Crippen LogP contribution in [0.25, 0.3) is 0 Å². The fraction of sp³-hybridized carbons (Fsp3) is 0.222. The van der Waals surface area contributed by atoms with Crippen molar-refractivity contribution in [1.82, 2.24) is 5.32 Å². The molecule has 0 saturated heterocycles. The lowest BCUT2D eigenvalue weighted by molar-refractivity contribution is -0.127. The number of aryl methyl sites for hydroxylation is 1. The van der Waals surface area contributed by atoms with Gasteiger partial charge >= 0.3 is 0 Å². The van der Waals surface area contributed by atoms with E-state index in [4.69, 9.17) is 5.73 Å². The lowest BCUT2D eigenvalue weighted by Crippen LogP contribution is -2.46. The molecule has 126 valence electrons. The molecule has 0 saturated carbocycles. The van der Waals surface area contributed by atoms with E-state index >= 15 is 0 Å². The van der Waals surface area contributed by atoms with E-state index in [2.05, 4.69) is 5.32 Å². The molecule has 0 spiro atoms. The Labute approximate surface area is 138 Å². The van der Waals surface area contributed by atoms with Gasteiger partial charge in [-0.05, 0) is 30.2 Å². The molecule has 4 nitrogen and oxygen atoms in total. The number of rotatable bonds is 6. The van der Waals surface area contributed by atoms with Gasteiger partial charge < -0.3 is 11.1 Å². The Kier molecular flexibility index (Phi) is 5.63. The van der Waals surface area contributed by atoms with Crippen LogP contribution in [0.4, 0.5) is 8.78 Å². The minimum Gasteiger partial charge on any atom is -0.368 e. The number of primary amides is 1. The first-order chi connectivity index (χ1) is 11.3. The molecule has 0 bridgehead atoms. The molecule has 24 heavy (non-hydrogen) atoms. The first-order valence-corrected chi connectivity index (χ1v) is 7.43. The third-order valence-electron chi connectivity index (χ3n) is 3.55. The van der Waals surface area contributed by atoms with Gasteiger partial charge in [0.25, 0.3) is 0 Å². The summed E-state index contributed by atoms with van der Waals surface area (Å²) >= 11 is 0. The molecule has 1 atom stereocenters. The van der Waals surface area contributed by atoms with Gasteiger partial charge in [-0.1, -0.05) is 35.9 Å². The predicted octanol–water partition coefficient (Wildman–Crippen LogP) is 2.03. The quantitative estimate of drug-likeness (QED) is 0.849. The monoisotopic (exact) mass is 332 g/mol. The number of halogens is 2. The van der Waals surface area contributed by atoms with E-state index in [0.29, 0.717) is 5.56 Å². The fourth-order valence-electron chi connectivity index (χ4n) is 2.38. The molecule has 3 N–H and O–H groups in total. The van der Waals surface area contributed by atoms with Gasteiger partial charge in [0.15, 0.2) is 11.6 Å². The van der Waals surface area contributed by atoms with Crippen molar-refractivity contribution in [1.29, 1.82) is 0 Å². The third kappa shape index (κ3) is 4.87. The van der Waals surface area contributed by atoms with Crippen LogP contribution < -0.4 is 11.1 Å². The SMILES string of the molecule is Cc1cccc(C[C@@H](NC(=O)Cc2ccc(F)c(F)c2)C(N)=O)c1. The highest BCUT2D eigenvalue weighted by Crippen LogP contribution is 2.10. The Hall–Kier alpha value is -2.76. The number of hydrogen-bond donors (Lipinski definition) is 2. The summed E-state index contributed by atoms with van der Waals surface area (Å²) in [7, 11) is 0. The van der Waals surface area contributed by atoms with E-state index < -0.39 is 29.5 Å². The average Bonchev–Trinajstić information content (AvgIpc) is 2.50. The van der Waals surface area contributed by atoms with Crippen molar-refractivity contribution in [3.63, 3.8) is 0 Å². The van der Waals surface area contributed by atoms with Gasteiger partial charge in [-0.3, -0.25) is 9.59 Å². The van der Waals surface area contributed by atoms with Crippen LogP contribution in [0.1, 0.15) is 16.7 Å². The summed E-state index contributed by atoms with van der Waals surface area (Å²) in [6.07, 6.45) is 0.0926. The zero-order valence-corrected chi connectivity index (χ0v) is 13.2. The molecule has 0 heterocycles. The zero-order valence-electron chi connectivity index (χ0n) is 13.2. The third-order valence-corrected chi connectivity index (χ3v) is 3.55. The number of amides is 2. The normalized spacial score (nSPS) is 11.8. The number of hydrogen-bond acceptors (Lipinski definition) is 2. The van der Waals surface area contributed by atoms with E-state index in [1.807, 2.05) is 31.2 Å². The number of carbonyl (C=O) groups excluding carboxylic acids is 2. The molecule has 2 aromatic carbocycles. The Morgan fingerprint density at radius 3 is 2.46 bits per heavy atom. The van der Waals surface area contributed by atoms with Crippen molar-refractivity contribution in [2.24, 2.45) is 5.73 Å². The summed E-state index contributed by atoms with van der Waals surface area (Å²) in [4.78, 5) is 23.6. The molecule has 0 unspecified atom stereocenters. The average molecular weight is 332 g/mol. The van der Waals surface area contributed by atoms with E-state index in [1.165, 1.54) is 6.07 Å². The first kappa shape index (κ1) is 17.6. The highest BCUT2D eigenvalue weighted by atomic mass is 19.2. The molecule has 6 heteroatoms. The van der Waals surface area contributed by atoms with Gasteiger partial charge in [-0.2, -0.15) is 0 Å². The maximum absolute atomic E-state index is 13.2. The lowest BCUT2D eigenvalue weighted by Gasteiger charge is -2.16. The number of nitrogens with one attached hydrogen (secondary N) is 1. The summed E-state index contributed by atoms with van der Waals surface area (Å²) < 4.78 is 26.1. The van der Waals surface area contributed by atoms with Crippen LogP contribution in [-0.2, 0) is 22.4 Å². The molecule has 0 aliphatic rings. The minimum atomic E-state index is -1.02. The highest BCUT2D eigenvalue weighted by Gasteiger charge is 2.19. The van der Waals surface area contributed by atoms with Gasteiger partial charge in [0, 0.05) is 6.42 Å². The van der Waals surface area contributed by atoms with E-state index in [1.54, 1.807) is 0 Å². The van der Waals surface area contributed by atoms with Crippen molar-refractivity contribution in [3.8, 4) is 0 Å². The Balaban J connectivity index is 2.02. The summed E-state index contributed by atoms with van der Waals surface area (Å²) in [5, 5.41) is 2.54. The molecule has 0 aromatic heterocycles. The van der Waals surface area contributed by atoms with Gasteiger partial charge in [-0.25, -0.2) is 8.78 Å². The molecule has 0 aliphatic heterocycles. The first-order valence-electron chi connectivity index (χ1n) is 7.43. The minimum absolute atomic E-state index is 0.172. The van der Waals surface area contributed by atoms with Crippen LogP contribution in [0.2, 0.25) is 0 Å². The predicted molar refractivity (Wildman–Crippen MR) is 86.1 cm³/mol. The maximum atomic E-state index is 13.2. The Morgan fingerprint density at radius 2 is 1.83 bits per heavy atom. The maximum Gasteiger partial charge on any atom is 0.240 e. The van der Waals surface area contributed by atoms with Crippen molar-refractivity contribution >= 4 is 11.8 Å². The van der Waals surface area contributed by atoms with E-state index in [-0.39, 0.29) is 12.8 Å². The molecule has 0 aliphatic carbocycles. The van der Waals surface area contributed by atoms with Gasteiger partial charge in [0.1, 0.15) is 6.04 Å². The smallest absolute Gasteiger partial charge is 0.240 e. The van der Waals surface area contributed by atoms with E-state index in [0.717, 1.165) is 23.3 Å². The molecule has 2 rings (SSSR count). The van der Waals surface area contributed by atoms with Crippen LogP contribution in [-0.4, -0.2) is 17.9 Å². The fourth-order valence-corrected chi connectivity index (χ4v) is 2.38. The van der Waals surface area contributed by atoms with Gasteiger partial charge in [0.05, 0.1) is 6.42 Å². The number of carbonyl (C=O) groups is 2. The summed E-state index contributed by atoms with van der Waals surface area (Å²) in [6, 6.07) is 9.87. The second-order valence-electron chi connectivity index (χ2n) is 5.64. The van der Waals surface area contributed by atoms with Crippen LogP contribution in [0, 0.1) is 18.6 Å². The van der Waals surface area contributed by atoms with Crippen LogP contribution >= 0.6 is 0 Å². The Bertz CT molecular complexity index is 762. The molecule has 2 amide bonds. The molecular formula is C18H18F2N2O2. The van der Waals surface area contributed by atoms with Crippen LogP contribution in [0.5, 0.6) is 0 Å². The molecule has 2 aromatic rings. The molecule has 0 fully saturated rings. The van der Waals surface area contributed by atoms with Crippen molar-refractivity contribution in [2.75, 3.05) is 0 Å². The topological polar surface area (TPSA) is 72.2 Å². The lowest BCUT2D eigenvalue weighted by atomic mass is 10.0. The standard InChI is InChI=1S/C18H18F2N2O2/c1-11-3-2-4-12(7-11)9-16(18(21)24)22-17(23)10-13-5-6-14(19)15(20)8-13/h2-8,16H,9-10H2,1H3,(H2,21,24)(H,22,23)/t16-/m1/s1. The molecule has 0 radical (unpaired) electrons. The van der Waals surface area contributed by atoms with Gasteiger partial charge in [-0.15, -0.1) is 0 Å². The second kappa shape index (κ2) is 7.68. The zero-order chi connectivity index (χ0) is 17.7. The highest BCUT2D eigenvalue weighted by molar-refractivity contribution is 5.87. The van der Waals surface area contributed by atoms with Gasteiger partial charge in [0.2, 0.25) is 11.8 Å². The van der Waals surface area contributed by atoms with Crippen molar-refractivity contribution < 1.29 is 18.4 Å². The summed E-state index contributed by atoms with van der Waals surface area (Å²) in [5.74, 6) is -3.15.